The molecule has 0 bridgehead atoms. The summed E-state index contributed by atoms with van der Waals surface area (Å²) in [6.45, 7) is 5.60. The lowest BCUT2D eigenvalue weighted by Crippen LogP contribution is -2.46. The number of morpholine rings is 1. The van der Waals surface area contributed by atoms with Gasteiger partial charge in [0, 0.05) is 32.6 Å². The first-order chi connectivity index (χ1) is 12.5. The summed E-state index contributed by atoms with van der Waals surface area (Å²) in [4.78, 5) is 14.8. The molecule has 26 heavy (non-hydrogen) atoms. The van der Waals surface area contributed by atoms with Crippen LogP contribution >= 0.6 is 0 Å². The normalized spacial score (nSPS) is 25.2. The molecule has 144 valence electrons. The summed E-state index contributed by atoms with van der Waals surface area (Å²) in [5, 5.41) is 0. The van der Waals surface area contributed by atoms with Crippen molar-refractivity contribution in [3.8, 4) is 0 Å². The minimum Gasteiger partial charge on any atom is -0.378 e. The van der Waals surface area contributed by atoms with E-state index >= 15 is 0 Å². The van der Waals surface area contributed by atoms with Gasteiger partial charge in [0.1, 0.15) is 0 Å². The summed E-state index contributed by atoms with van der Waals surface area (Å²) in [5.41, 5.74) is 0. The van der Waals surface area contributed by atoms with E-state index in [1.165, 1.54) is 0 Å². The van der Waals surface area contributed by atoms with Gasteiger partial charge in [-0.25, -0.2) is 8.42 Å². The first-order valence-corrected chi connectivity index (χ1v) is 10.9. The van der Waals surface area contributed by atoms with Crippen LogP contribution in [0.15, 0.2) is 35.2 Å². The Bertz CT molecular complexity index is 702. The average molecular weight is 381 g/mol. The van der Waals surface area contributed by atoms with Crippen molar-refractivity contribution in [3.05, 3.63) is 30.3 Å². The molecule has 6 nitrogen and oxygen atoms in total. The van der Waals surface area contributed by atoms with Crippen LogP contribution in [-0.2, 0) is 19.6 Å². The molecule has 2 unspecified atom stereocenters. The molecule has 2 atom stereocenters. The van der Waals surface area contributed by atoms with Crippen LogP contribution < -0.4 is 0 Å². The molecular formula is C19H28N2O4S. The van der Waals surface area contributed by atoms with E-state index in [2.05, 4.69) is 6.92 Å². The molecule has 2 aliphatic heterocycles. The lowest BCUT2D eigenvalue weighted by atomic mass is 9.82. The number of carbonyl (C=O) groups is 1. The minimum atomic E-state index is -3.46. The van der Waals surface area contributed by atoms with E-state index in [9.17, 15) is 13.2 Å². The van der Waals surface area contributed by atoms with Gasteiger partial charge in [-0.05, 0) is 30.4 Å². The number of hydrogen-bond donors (Lipinski definition) is 0. The number of carbonyl (C=O) groups excluding carboxylic acids is 1. The van der Waals surface area contributed by atoms with Crippen molar-refractivity contribution >= 4 is 15.9 Å². The number of piperidine rings is 1. The topological polar surface area (TPSA) is 66.9 Å². The Balaban J connectivity index is 1.64. The highest BCUT2D eigenvalue weighted by Crippen LogP contribution is 2.32. The van der Waals surface area contributed by atoms with Crippen molar-refractivity contribution in [2.24, 2.45) is 11.8 Å². The predicted octanol–water partition coefficient (Wildman–Crippen LogP) is 1.97. The predicted molar refractivity (Wildman–Crippen MR) is 99.1 cm³/mol. The fraction of sp³-hybridized carbons (Fsp3) is 0.632. The number of amides is 1. The molecule has 1 amide bonds. The second kappa shape index (κ2) is 8.50. The number of ether oxygens (including phenoxy) is 1. The van der Waals surface area contributed by atoms with Crippen molar-refractivity contribution < 1.29 is 17.9 Å². The zero-order chi connectivity index (χ0) is 18.6. The van der Waals surface area contributed by atoms with Crippen molar-refractivity contribution in [1.82, 2.24) is 9.21 Å². The highest BCUT2D eigenvalue weighted by Gasteiger charge is 2.36. The summed E-state index contributed by atoms with van der Waals surface area (Å²) in [5.74, 6) is 0.640. The van der Waals surface area contributed by atoms with E-state index in [0.717, 1.165) is 12.8 Å². The van der Waals surface area contributed by atoms with Crippen molar-refractivity contribution in [1.29, 1.82) is 0 Å². The molecule has 0 aliphatic carbocycles. The maximum absolute atomic E-state index is 12.9. The van der Waals surface area contributed by atoms with Crippen molar-refractivity contribution in [3.63, 3.8) is 0 Å². The molecule has 1 aromatic carbocycles. The second-order valence-electron chi connectivity index (χ2n) is 7.09. The van der Waals surface area contributed by atoms with E-state index in [0.29, 0.717) is 50.7 Å². The molecule has 0 spiro atoms. The number of benzene rings is 1. The maximum Gasteiger partial charge on any atom is 0.243 e. The van der Waals surface area contributed by atoms with Crippen LogP contribution in [-0.4, -0.2) is 62.9 Å². The Hall–Kier alpha value is -1.44. The molecule has 0 N–H and O–H groups in total. The summed E-state index contributed by atoms with van der Waals surface area (Å²) < 4.78 is 32.6. The third-order valence-electron chi connectivity index (χ3n) is 5.56. The van der Waals surface area contributed by atoms with Gasteiger partial charge in [-0.15, -0.1) is 0 Å². The first kappa shape index (κ1) is 19.3. The van der Waals surface area contributed by atoms with Gasteiger partial charge in [0.2, 0.25) is 15.9 Å². The standard InChI is InChI=1S/C19H28N2O4S/c1-2-16-15-21(26(23,24)18-6-4-3-5-7-18)9-8-17(16)14-19(22)20-10-12-25-13-11-20/h3-7,16-17H,2,8-15H2,1H3. The first-order valence-electron chi connectivity index (χ1n) is 9.43. The molecule has 2 aliphatic rings. The SMILES string of the molecule is CCC1CN(S(=O)(=O)c2ccccc2)CCC1CC(=O)N1CCOCC1. The van der Waals surface area contributed by atoms with Gasteiger partial charge in [0.15, 0.2) is 0 Å². The Morgan fingerprint density at radius 3 is 2.46 bits per heavy atom. The molecule has 0 aromatic heterocycles. The number of rotatable bonds is 5. The van der Waals surface area contributed by atoms with Crippen LogP contribution in [0, 0.1) is 11.8 Å². The van der Waals surface area contributed by atoms with E-state index in [1.54, 1.807) is 28.6 Å². The lowest BCUT2D eigenvalue weighted by molar-refractivity contribution is -0.137. The van der Waals surface area contributed by atoms with Gasteiger partial charge < -0.3 is 9.64 Å². The zero-order valence-electron chi connectivity index (χ0n) is 15.3. The molecular weight excluding hydrogens is 352 g/mol. The third-order valence-corrected chi connectivity index (χ3v) is 7.44. The smallest absolute Gasteiger partial charge is 0.243 e. The Labute approximate surface area is 156 Å². The van der Waals surface area contributed by atoms with Crippen LogP contribution in [0.4, 0.5) is 0 Å². The van der Waals surface area contributed by atoms with Gasteiger partial charge in [0.25, 0.3) is 0 Å². The number of nitrogens with zero attached hydrogens (tertiary/aromatic N) is 2. The van der Waals surface area contributed by atoms with Gasteiger partial charge in [-0.2, -0.15) is 4.31 Å². The Morgan fingerprint density at radius 1 is 1.12 bits per heavy atom. The Morgan fingerprint density at radius 2 is 1.81 bits per heavy atom. The fourth-order valence-corrected chi connectivity index (χ4v) is 5.44. The van der Waals surface area contributed by atoms with Crippen molar-refractivity contribution in [2.45, 2.75) is 31.1 Å². The summed E-state index contributed by atoms with van der Waals surface area (Å²) in [7, 11) is -3.46. The van der Waals surface area contributed by atoms with Crippen molar-refractivity contribution in [2.75, 3.05) is 39.4 Å². The van der Waals surface area contributed by atoms with Gasteiger partial charge in [0.05, 0.1) is 18.1 Å². The summed E-state index contributed by atoms with van der Waals surface area (Å²) >= 11 is 0. The monoisotopic (exact) mass is 380 g/mol. The van der Waals surface area contributed by atoms with Crippen LogP contribution in [0.1, 0.15) is 26.2 Å². The second-order valence-corrected chi connectivity index (χ2v) is 9.03. The van der Waals surface area contributed by atoms with Crippen LogP contribution in [0.3, 0.4) is 0 Å². The summed E-state index contributed by atoms with van der Waals surface area (Å²) in [6.07, 6.45) is 2.13. The summed E-state index contributed by atoms with van der Waals surface area (Å²) in [6, 6.07) is 8.60. The zero-order valence-corrected chi connectivity index (χ0v) is 16.2. The fourth-order valence-electron chi connectivity index (χ4n) is 3.90. The average Bonchev–Trinajstić information content (AvgIpc) is 2.69. The molecule has 2 saturated heterocycles. The van der Waals surface area contributed by atoms with E-state index < -0.39 is 10.0 Å². The van der Waals surface area contributed by atoms with E-state index in [4.69, 9.17) is 4.74 Å². The molecule has 3 rings (SSSR count). The quantitative estimate of drug-likeness (QED) is 0.783. The molecule has 0 radical (unpaired) electrons. The highest BCUT2D eigenvalue weighted by atomic mass is 32.2. The molecule has 2 fully saturated rings. The highest BCUT2D eigenvalue weighted by molar-refractivity contribution is 7.89. The van der Waals surface area contributed by atoms with E-state index in [1.807, 2.05) is 11.0 Å². The van der Waals surface area contributed by atoms with Crippen LogP contribution in [0.2, 0.25) is 0 Å². The minimum absolute atomic E-state index is 0.177. The van der Waals surface area contributed by atoms with Gasteiger partial charge in [-0.1, -0.05) is 31.5 Å². The molecule has 0 saturated carbocycles. The molecule has 1 aromatic rings. The van der Waals surface area contributed by atoms with Crippen LogP contribution in [0.5, 0.6) is 0 Å². The molecule has 7 heteroatoms. The van der Waals surface area contributed by atoms with Crippen LogP contribution in [0.25, 0.3) is 0 Å². The van der Waals surface area contributed by atoms with Gasteiger partial charge in [-0.3, -0.25) is 4.79 Å². The number of hydrogen-bond acceptors (Lipinski definition) is 4. The Kier molecular flexibility index (Phi) is 6.32. The maximum atomic E-state index is 12.9. The molecule has 2 heterocycles. The third kappa shape index (κ3) is 4.27. The van der Waals surface area contributed by atoms with E-state index in [-0.39, 0.29) is 17.7 Å². The number of sulfonamides is 1. The van der Waals surface area contributed by atoms with Gasteiger partial charge >= 0.3 is 0 Å². The lowest BCUT2D eigenvalue weighted by Gasteiger charge is -2.38. The largest absolute Gasteiger partial charge is 0.378 e.